The maximum Gasteiger partial charge on any atom is 0.326 e. The molecule has 3 rings (SSSR count). The molecule has 1 atom stereocenters. The van der Waals surface area contributed by atoms with Gasteiger partial charge in [0, 0.05) is 31.1 Å². The molecule has 0 radical (unpaired) electrons. The Morgan fingerprint density at radius 1 is 1.36 bits per heavy atom. The number of amides is 1. The molecule has 0 N–H and O–H groups in total. The molecule has 0 saturated carbocycles. The lowest BCUT2D eigenvalue weighted by atomic mass is 10.1. The topological polar surface area (TPSA) is 64.4 Å². The summed E-state index contributed by atoms with van der Waals surface area (Å²) in [6, 6.07) is 0. The van der Waals surface area contributed by atoms with E-state index in [2.05, 4.69) is 4.98 Å². The molecule has 0 aromatic carbocycles. The number of carbonyl (C=O) groups excluding carboxylic acids is 2. The summed E-state index contributed by atoms with van der Waals surface area (Å²) in [7, 11) is 0. The van der Waals surface area contributed by atoms with E-state index in [1.54, 1.807) is 22.9 Å². The Balaban J connectivity index is 1.50. The number of likely N-dealkylation sites (tertiary alicyclic amines) is 1. The maximum atomic E-state index is 12.1. The minimum absolute atomic E-state index is 0.0755. The third-order valence-corrected chi connectivity index (χ3v) is 5.15. The lowest BCUT2D eigenvalue weighted by molar-refractivity contribution is -0.153. The Hall–Kier alpha value is -1.50. The van der Waals surface area contributed by atoms with Gasteiger partial charge in [-0.15, -0.1) is 0 Å². The van der Waals surface area contributed by atoms with Crippen LogP contribution in [0.25, 0.3) is 0 Å². The van der Waals surface area contributed by atoms with Crippen molar-refractivity contribution in [3.63, 3.8) is 0 Å². The Bertz CT molecular complexity index is 546. The number of aromatic nitrogens is 2. The molecule has 1 saturated heterocycles. The molecule has 1 aromatic rings. The number of hydrogen-bond donors (Lipinski definition) is 0. The van der Waals surface area contributed by atoms with Crippen molar-refractivity contribution >= 4 is 23.6 Å². The first-order valence-electron chi connectivity index (χ1n) is 7.83. The van der Waals surface area contributed by atoms with Crippen LogP contribution in [0.5, 0.6) is 0 Å². The summed E-state index contributed by atoms with van der Waals surface area (Å²) in [4.78, 5) is 30.0. The Labute approximate surface area is 134 Å². The van der Waals surface area contributed by atoms with E-state index in [9.17, 15) is 9.59 Å². The average Bonchev–Trinajstić information content (AvgIpc) is 2.94. The van der Waals surface area contributed by atoms with Crippen molar-refractivity contribution in [3.8, 4) is 0 Å². The number of nitrogens with zero attached hydrogens (tertiary/aromatic N) is 3. The highest BCUT2D eigenvalue weighted by molar-refractivity contribution is 7.99. The summed E-state index contributed by atoms with van der Waals surface area (Å²) in [5, 5.41) is 0.964. The van der Waals surface area contributed by atoms with Gasteiger partial charge in [-0.1, -0.05) is 24.6 Å². The summed E-state index contributed by atoms with van der Waals surface area (Å²) in [5.41, 5.74) is 0. The molecule has 3 heterocycles. The molecule has 22 heavy (non-hydrogen) atoms. The van der Waals surface area contributed by atoms with Gasteiger partial charge in [-0.3, -0.25) is 9.59 Å². The molecule has 1 aromatic heterocycles. The highest BCUT2D eigenvalue weighted by atomic mass is 32.2. The molecule has 1 fully saturated rings. The van der Waals surface area contributed by atoms with Gasteiger partial charge >= 0.3 is 5.97 Å². The number of carbonyl (C=O) groups is 2. The van der Waals surface area contributed by atoms with Crippen LogP contribution >= 0.6 is 11.8 Å². The molecule has 120 valence electrons. The number of rotatable bonds is 3. The second kappa shape index (κ2) is 7.17. The van der Waals surface area contributed by atoms with E-state index < -0.39 is 0 Å². The van der Waals surface area contributed by atoms with Gasteiger partial charge in [0.25, 0.3) is 0 Å². The monoisotopic (exact) mass is 323 g/mol. The number of hydrogen-bond acceptors (Lipinski definition) is 5. The van der Waals surface area contributed by atoms with Crippen LogP contribution in [-0.2, 0) is 20.9 Å². The predicted octanol–water partition coefficient (Wildman–Crippen LogP) is 1.69. The molecular formula is C15H21N3O3S. The van der Waals surface area contributed by atoms with E-state index in [-0.39, 0.29) is 24.5 Å². The quantitative estimate of drug-likeness (QED) is 0.792. The van der Waals surface area contributed by atoms with Gasteiger partial charge < -0.3 is 14.2 Å². The van der Waals surface area contributed by atoms with E-state index in [0.29, 0.717) is 19.5 Å². The third kappa shape index (κ3) is 3.82. The molecule has 2 aliphatic rings. The first-order valence-corrected chi connectivity index (χ1v) is 8.82. The summed E-state index contributed by atoms with van der Waals surface area (Å²) in [6.45, 7) is 1.39. The van der Waals surface area contributed by atoms with Crippen LogP contribution in [0.1, 0.15) is 32.1 Å². The van der Waals surface area contributed by atoms with E-state index >= 15 is 0 Å². The molecular weight excluding hydrogens is 302 g/mol. The van der Waals surface area contributed by atoms with Crippen molar-refractivity contribution in [1.82, 2.24) is 14.5 Å². The van der Waals surface area contributed by atoms with Crippen molar-refractivity contribution in [2.45, 2.75) is 49.9 Å². The molecule has 0 aliphatic carbocycles. The molecule has 2 aliphatic heterocycles. The van der Waals surface area contributed by atoms with E-state index in [4.69, 9.17) is 4.74 Å². The molecule has 0 spiro atoms. The van der Waals surface area contributed by atoms with Gasteiger partial charge in [-0.2, -0.15) is 0 Å². The van der Waals surface area contributed by atoms with Crippen LogP contribution in [0.2, 0.25) is 0 Å². The van der Waals surface area contributed by atoms with Gasteiger partial charge in [0.2, 0.25) is 5.91 Å². The van der Waals surface area contributed by atoms with Gasteiger partial charge in [0.1, 0.15) is 12.6 Å². The Morgan fingerprint density at radius 3 is 3.14 bits per heavy atom. The normalized spacial score (nSPS) is 22.6. The molecule has 6 nitrogen and oxygen atoms in total. The van der Waals surface area contributed by atoms with E-state index in [0.717, 1.165) is 36.6 Å². The highest BCUT2D eigenvalue weighted by Gasteiger charge is 2.25. The van der Waals surface area contributed by atoms with Crippen molar-refractivity contribution in [2.75, 3.05) is 18.8 Å². The number of imidazole rings is 1. The first-order chi connectivity index (χ1) is 10.7. The smallest absolute Gasteiger partial charge is 0.326 e. The van der Waals surface area contributed by atoms with E-state index in [1.807, 2.05) is 10.8 Å². The Kier molecular flexibility index (Phi) is 5.02. The second-order valence-electron chi connectivity index (χ2n) is 5.76. The summed E-state index contributed by atoms with van der Waals surface area (Å²) >= 11 is 1.59. The van der Waals surface area contributed by atoms with Crippen LogP contribution in [-0.4, -0.2) is 51.3 Å². The lowest BCUT2D eigenvalue weighted by Gasteiger charge is -2.27. The number of esters is 1. The number of ether oxygens (including phenoxy) is 1. The van der Waals surface area contributed by atoms with Crippen molar-refractivity contribution < 1.29 is 14.3 Å². The molecule has 0 bridgehead atoms. The van der Waals surface area contributed by atoms with E-state index in [1.165, 1.54) is 0 Å². The van der Waals surface area contributed by atoms with Crippen molar-refractivity contribution in [1.29, 1.82) is 0 Å². The highest BCUT2D eigenvalue weighted by Crippen LogP contribution is 2.24. The van der Waals surface area contributed by atoms with Crippen LogP contribution in [0.4, 0.5) is 0 Å². The van der Waals surface area contributed by atoms with Crippen molar-refractivity contribution in [3.05, 3.63) is 12.4 Å². The maximum absolute atomic E-state index is 12.1. The zero-order valence-corrected chi connectivity index (χ0v) is 13.4. The zero-order valence-electron chi connectivity index (χ0n) is 12.6. The average molecular weight is 323 g/mol. The second-order valence-corrected chi connectivity index (χ2v) is 6.75. The fraction of sp³-hybridized carbons (Fsp3) is 0.667. The largest absolute Gasteiger partial charge is 0.458 e. The van der Waals surface area contributed by atoms with Crippen LogP contribution in [0.15, 0.2) is 17.6 Å². The van der Waals surface area contributed by atoms with Gasteiger partial charge in [0.05, 0.1) is 6.54 Å². The van der Waals surface area contributed by atoms with Crippen LogP contribution in [0, 0.1) is 0 Å². The first kappa shape index (κ1) is 15.4. The summed E-state index contributed by atoms with van der Waals surface area (Å²) in [5.74, 6) is 0.492. The number of thioether (sulfide) groups is 1. The minimum atomic E-state index is -0.303. The summed E-state index contributed by atoms with van der Waals surface area (Å²) in [6.07, 6.45) is 8.17. The fourth-order valence-electron chi connectivity index (χ4n) is 2.85. The van der Waals surface area contributed by atoms with Crippen molar-refractivity contribution in [2.24, 2.45) is 0 Å². The number of fused-ring (bicyclic) bond motifs is 1. The Morgan fingerprint density at radius 2 is 2.23 bits per heavy atom. The van der Waals surface area contributed by atoms with Gasteiger partial charge in [-0.05, 0) is 12.8 Å². The molecule has 1 amide bonds. The third-order valence-electron chi connectivity index (χ3n) is 4.02. The zero-order chi connectivity index (χ0) is 15.4. The van der Waals surface area contributed by atoms with Crippen LogP contribution in [0.3, 0.4) is 0 Å². The molecule has 1 unspecified atom stereocenters. The fourth-order valence-corrected chi connectivity index (χ4v) is 3.79. The standard InChI is InChI=1S/C15H21N3O3S/c19-13-5-3-1-2-4-7-17(13)10-14(20)21-12-9-18-8-6-16-15(18)22-11-12/h6,8,12H,1-5,7,9-11H2. The molecule has 7 heteroatoms. The lowest BCUT2D eigenvalue weighted by Crippen LogP contribution is -2.40. The minimum Gasteiger partial charge on any atom is -0.458 e. The van der Waals surface area contributed by atoms with Gasteiger partial charge in [0.15, 0.2) is 5.16 Å². The van der Waals surface area contributed by atoms with Crippen LogP contribution < -0.4 is 0 Å². The predicted molar refractivity (Wildman–Crippen MR) is 82.5 cm³/mol. The SMILES string of the molecule is O=C(CN1CCCCCCC1=O)OC1CSc2nccn2C1. The van der Waals surface area contributed by atoms with Gasteiger partial charge in [-0.25, -0.2) is 4.98 Å². The summed E-state index contributed by atoms with van der Waals surface area (Å²) < 4.78 is 7.53.